The van der Waals surface area contributed by atoms with Crippen molar-refractivity contribution in [2.45, 2.75) is 0 Å². The molecule has 4 aromatic rings. The van der Waals surface area contributed by atoms with Crippen LogP contribution in [0.25, 0.3) is 22.3 Å². The molecule has 0 bridgehead atoms. The SMILES string of the molecule is [B]c1ccccc1.c1ccc(-c2ccccc2-c2ccccc2)cc1. The second kappa shape index (κ2) is 8.70. The molecule has 0 N–H and O–H groups in total. The molecule has 4 aromatic carbocycles. The Hall–Kier alpha value is -3.06. The minimum Gasteiger partial charge on any atom is -0.0967 e. The van der Waals surface area contributed by atoms with Gasteiger partial charge in [-0.15, -0.1) is 0 Å². The van der Waals surface area contributed by atoms with Gasteiger partial charge in [0, 0.05) is 0 Å². The monoisotopic (exact) mass is 318 g/mol. The summed E-state index contributed by atoms with van der Waals surface area (Å²) in [7, 11) is 5.36. The second-order valence-electron chi connectivity index (χ2n) is 5.69. The minimum absolute atomic E-state index is 0.822. The predicted octanol–water partition coefficient (Wildman–Crippen LogP) is 5.50. The molecule has 0 spiro atoms. The fraction of sp³-hybridized carbons (Fsp3) is 0. The maximum absolute atomic E-state index is 5.36. The molecule has 0 atom stereocenters. The van der Waals surface area contributed by atoms with E-state index in [0.717, 1.165) is 5.46 Å². The molecule has 0 nitrogen and oxygen atoms in total. The fourth-order valence-electron chi connectivity index (χ4n) is 2.68. The summed E-state index contributed by atoms with van der Waals surface area (Å²) in [5.41, 5.74) is 5.91. The molecule has 0 aliphatic heterocycles. The largest absolute Gasteiger partial charge is 0.113 e. The summed E-state index contributed by atoms with van der Waals surface area (Å²) in [5, 5.41) is 0. The normalized spacial score (nSPS) is 9.76. The van der Waals surface area contributed by atoms with Crippen LogP contribution in [0.1, 0.15) is 0 Å². The first-order chi connectivity index (χ1) is 12.3. The van der Waals surface area contributed by atoms with Crippen molar-refractivity contribution >= 4 is 13.3 Å². The van der Waals surface area contributed by atoms with E-state index in [2.05, 4.69) is 84.9 Å². The Balaban J connectivity index is 0.000000219. The average molecular weight is 318 g/mol. The van der Waals surface area contributed by atoms with Crippen molar-refractivity contribution in [3.63, 3.8) is 0 Å². The summed E-state index contributed by atoms with van der Waals surface area (Å²) in [5.74, 6) is 0. The second-order valence-corrected chi connectivity index (χ2v) is 5.69. The van der Waals surface area contributed by atoms with E-state index in [1.165, 1.54) is 22.3 Å². The Kier molecular flexibility index (Phi) is 5.84. The number of rotatable bonds is 2. The van der Waals surface area contributed by atoms with Crippen molar-refractivity contribution in [2.24, 2.45) is 0 Å². The van der Waals surface area contributed by atoms with Crippen LogP contribution in [0.4, 0.5) is 0 Å². The van der Waals surface area contributed by atoms with Gasteiger partial charge in [0.2, 0.25) is 0 Å². The van der Waals surface area contributed by atoms with Gasteiger partial charge >= 0.3 is 0 Å². The molecular weight excluding hydrogens is 299 g/mol. The van der Waals surface area contributed by atoms with Crippen LogP contribution in [0, 0.1) is 0 Å². The number of benzene rings is 4. The van der Waals surface area contributed by atoms with Gasteiger partial charge < -0.3 is 0 Å². The third kappa shape index (κ3) is 4.71. The Morgan fingerprint density at radius 3 is 1.00 bits per heavy atom. The summed E-state index contributed by atoms with van der Waals surface area (Å²) in [6.07, 6.45) is 0. The van der Waals surface area contributed by atoms with E-state index in [4.69, 9.17) is 7.85 Å². The molecule has 0 aromatic heterocycles. The molecule has 25 heavy (non-hydrogen) atoms. The average Bonchev–Trinajstić information content (AvgIpc) is 2.70. The zero-order chi connectivity index (χ0) is 17.3. The topological polar surface area (TPSA) is 0 Å². The highest BCUT2D eigenvalue weighted by atomic mass is 14.1. The van der Waals surface area contributed by atoms with Crippen molar-refractivity contribution in [2.75, 3.05) is 0 Å². The Bertz CT molecular complexity index is 826. The van der Waals surface area contributed by atoms with E-state index in [0.29, 0.717) is 0 Å². The Labute approximate surface area is 151 Å². The highest BCUT2D eigenvalue weighted by Crippen LogP contribution is 2.31. The zero-order valence-corrected chi connectivity index (χ0v) is 14.0. The highest BCUT2D eigenvalue weighted by molar-refractivity contribution is 6.32. The third-order valence-electron chi connectivity index (χ3n) is 3.90. The van der Waals surface area contributed by atoms with E-state index in [9.17, 15) is 0 Å². The van der Waals surface area contributed by atoms with Crippen LogP contribution in [-0.2, 0) is 0 Å². The van der Waals surface area contributed by atoms with Gasteiger partial charge in [-0.1, -0.05) is 121 Å². The molecule has 4 rings (SSSR count). The van der Waals surface area contributed by atoms with Crippen molar-refractivity contribution in [3.05, 3.63) is 115 Å². The smallest absolute Gasteiger partial charge is 0.0967 e. The lowest BCUT2D eigenvalue weighted by atomic mass is 9.95. The van der Waals surface area contributed by atoms with Crippen molar-refractivity contribution in [1.82, 2.24) is 0 Å². The highest BCUT2D eigenvalue weighted by Gasteiger charge is 2.05. The molecule has 0 aliphatic carbocycles. The summed E-state index contributed by atoms with van der Waals surface area (Å²) in [4.78, 5) is 0. The molecular formula is C24H19B. The van der Waals surface area contributed by atoms with Crippen LogP contribution >= 0.6 is 0 Å². The van der Waals surface area contributed by atoms with Crippen LogP contribution in [0.3, 0.4) is 0 Å². The van der Waals surface area contributed by atoms with E-state index in [-0.39, 0.29) is 0 Å². The van der Waals surface area contributed by atoms with Crippen LogP contribution in [0.5, 0.6) is 0 Å². The van der Waals surface area contributed by atoms with E-state index < -0.39 is 0 Å². The zero-order valence-electron chi connectivity index (χ0n) is 14.0. The summed E-state index contributed by atoms with van der Waals surface area (Å²) < 4.78 is 0. The lowest BCUT2D eigenvalue weighted by Crippen LogP contribution is -1.97. The maximum atomic E-state index is 5.36. The van der Waals surface area contributed by atoms with Gasteiger partial charge in [-0.25, -0.2) is 0 Å². The standard InChI is InChI=1S/C18H14.C6H5B/c1-3-9-15(10-4-1)17-13-7-8-14-18(17)16-11-5-2-6-12-16;7-6-4-2-1-3-5-6/h1-14H;1-5H. The summed E-state index contributed by atoms with van der Waals surface area (Å²) >= 11 is 0. The lowest BCUT2D eigenvalue weighted by Gasteiger charge is -2.09. The van der Waals surface area contributed by atoms with Gasteiger partial charge in [-0.05, 0) is 22.3 Å². The van der Waals surface area contributed by atoms with E-state index in [1.807, 2.05) is 30.3 Å². The van der Waals surface area contributed by atoms with Crippen LogP contribution < -0.4 is 5.46 Å². The van der Waals surface area contributed by atoms with Crippen molar-refractivity contribution in [1.29, 1.82) is 0 Å². The van der Waals surface area contributed by atoms with Crippen molar-refractivity contribution in [3.8, 4) is 22.3 Å². The number of hydrogen-bond acceptors (Lipinski definition) is 0. The first kappa shape index (κ1) is 16.8. The molecule has 0 saturated heterocycles. The van der Waals surface area contributed by atoms with E-state index >= 15 is 0 Å². The molecule has 0 amide bonds. The molecule has 1 heteroatoms. The lowest BCUT2D eigenvalue weighted by molar-refractivity contribution is 1.58. The number of hydrogen-bond donors (Lipinski definition) is 0. The van der Waals surface area contributed by atoms with Gasteiger partial charge in [0.25, 0.3) is 0 Å². The van der Waals surface area contributed by atoms with Gasteiger partial charge in [-0.3, -0.25) is 0 Å². The van der Waals surface area contributed by atoms with Gasteiger partial charge in [0.15, 0.2) is 0 Å². The Morgan fingerprint density at radius 1 is 0.360 bits per heavy atom. The third-order valence-corrected chi connectivity index (χ3v) is 3.90. The minimum atomic E-state index is 0.822. The van der Waals surface area contributed by atoms with E-state index in [1.54, 1.807) is 0 Å². The molecule has 0 heterocycles. The molecule has 0 saturated carbocycles. The first-order valence-electron chi connectivity index (χ1n) is 8.35. The maximum Gasteiger partial charge on any atom is 0.113 e. The molecule has 0 unspecified atom stereocenters. The quantitative estimate of drug-likeness (QED) is 0.428. The van der Waals surface area contributed by atoms with Crippen molar-refractivity contribution < 1.29 is 0 Å². The predicted molar refractivity (Wildman–Crippen MR) is 109 cm³/mol. The first-order valence-corrected chi connectivity index (χ1v) is 8.35. The van der Waals surface area contributed by atoms with Gasteiger partial charge in [0.1, 0.15) is 7.85 Å². The summed E-state index contributed by atoms with van der Waals surface area (Å²) in [6.45, 7) is 0. The van der Waals surface area contributed by atoms with Gasteiger partial charge in [-0.2, -0.15) is 0 Å². The molecule has 2 radical (unpaired) electrons. The van der Waals surface area contributed by atoms with Crippen LogP contribution in [-0.4, -0.2) is 7.85 Å². The molecule has 0 fully saturated rings. The fourth-order valence-corrected chi connectivity index (χ4v) is 2.68. The van der Waals surface area contributed by atoms with Gasteiger partial charge in [0.05, 0.1) is 0 Å². The molecule has 118 valence electrons. The molecule has 0 aliphatic rings. The van der Waals surface area contributed by atoms with Crippen LogP contribution in [0.2, 0.25) is 0 Å². The van der Waals surface area contributed by atoms with Crippen LogP contribution in [0.15, 0.2) is 115 Å². The summed E-state index contributed by atoms with van der Waals surface area (Å²) in [6, 6.07) is 39.1. The Morgan fingerprint density at radius 2 is 0.680 bits per heavy atom.